The first kappa shape index (κ1) is 19.3. The Bertz CT molecular complexity index is 971. The van der Waals surface area contributed by atoms with Gasteiger partial charge in [-0.15, -0.1) is 0 Å². The number of hydrogen-bond acceptors (Lipinski definition) is 5. The SMILES string of the molecule is CC(C)CC(=O)C1=C(O)C(Nc2ccccc2)=CC(=O)C1=Nc1ccccc1. The molecule has 1 aliphatic rings. The molecule has 0 saturated carbocycles. The van der Waals surface area contributed by atoms with Gasteiger partial charge in [0.1, 0.15) is 5.71 Å². The standard InChI is InChI=1S/C23H22N2O3/c1-15(2)13-19(26)21-22(25-17-11-7-4-8-12-17)20(27)14-18(23(21)28)24-16-9-5-3-6-10-16/h3-12,14-15,24,28H,13H2,1-2H3. The number of ketones is 2. The molecule has 0 aliphatic heterocycles. The lowest BCUT2D eigenvalue weighted by atomic mass is 9.90. The highest BCUT2D eigenvalue weighted by Crippen LogP contribution is 2.26. The van der Waals surface area contributed by atoms with E-state index in [1.54, 1.807) is 24.3 Å². The zero-order chi connectivity index (χ0) is 20.1. The number of anilines is 1. The van der Waals surface area contributed by atoms with Gasteiger partial charge >= 0.3 is 0 Å². The molecule has 5 nitrogen and oxygen atoms in total. The van der Waals surface area contributed by atoms with E-state index >= 15 is 0 Å². The second kappa shape index (κ2) is 8.48. The number of allylic oxidation sites excluding steroid dienone is 2. The lowest BCUT2D eigenvalue weighted by molar-refractivity contribution is -0.116. The number of para-hydroxylation sites is 2. The van der Waals surface area contributed by atoms with Crippen LogP contribution < -0.4 is 5.32 Å². The Morgan fingerprint density at radius 2 is 1.64 bits per heavy atom. The highest BCUT2D eigenvalue weighted by Gasteiger charge is 2.32. The van der Waals surface area contributed by atoms with Gasteiger partial charge in [0, 0.05) is 18.2 Å². The van der Waals surface area contributed by atoms with Gasteiger partial charge in [-0.3, -0.25) is 9.59 Å². The molecule has 142 valence electrons. The van der Waals surface area contributed by atoms with Gasteiger partial charge in [-0.05, 0) is 30.2 Å². The second-order valence-electron chi connectivity index (χ2n) is 6.95. The van der Waals surface area contributed by atoms with Crippen LogP contribution in [0.25, 0.3) is 0 Å². The summed E-state index contributed by atoms with van der Waals surface area (Å²) in [6.07, 6.45) is 1.48. The van der Waals surface area contributed by atoms with Crippen LogP contribution >= 0.6 is 0 Å². The van der Waals surface area contributed by atoms with Gasteiger partial charge in [-0.2, -0.15) is 0 Å². The Kier molecular flexibility index (Phi) is 5.84. The lowest BCUT2D eigenvalue weighted by Gasteiger charge is -2.20. The molecule has 2 N–H and O–H groups in total. The van der Waals surface area contributed by atoms with Crippen molar-refractivity contribution in [2.24, 2.45) is 10.9 Å². The number of carbonyl (C=O) groups excluding carboxylic acids is 2. The van der Waals surface area contributed by atoms with Crippen molar-refractivity contribution in [3.8, 4) is 0 Å². The molecule has 0 spiro atoms. The quantitative estimate of drug-likeness (QED) is 0.714. The third kappa shape index (κ3) is 4.43. The van der Waals surface area contributed by atoms with Crippen LogP contribution in [-0.2, 0) is 9.59 Å². The summed E-state index contributed by atoms with van der Waals surface area (Å²) in [6, 6.07) is 18.1. The third-order valence-electron chi connectivity index (χ3n) is 4.16. The fraction of sp³-hybridized carbons (Fsp3) is 0.174. The summed E-state index contributed by atoms with van der Waals surface area (Å²) >= 11 is 0. The molecule has 0 radical (unpaired) electrons. The fourth-order valence-corrected chi connectivity index (χ4v) is 2.89. The number of aliphatic hydroxyl groups excluding tert-OH is 1. The van der Waals surface area contributed by atoms with Crippen LogP contribution in [0.2, 0.25) is 0 Å². The summed E-state index contributed by atoms with van der Waals surface area (Å²) in [7, 11) is 0. The van der Waals surface area contributed by atoms with Crippen LogP contribution in [0.4, 0.5) is 11.4 Å². The van der Waals surface area contributed by atoms with Crippen molar-refractivity contribution in [3.05, 3.63) is 83.8 Å². The predicted octanol–water partition coefficient (Wildman–Crippen LogP) is 4.77. The zero-order valence-corrected chi connectivity index (χ0v) is 15.8. The lowest BCUT2D eigenvalue weighted by Crippen LogP contribution is -2.29. The van der Waals surface area contributed by atoms with Crippen molar-refractivity contribution in [1.82, 2.24) is 0 Å². The van der Waals surface area contributed by atoms with Crippen LogP contribution in [0.15, 0.2) is 88.8 Å². The molecule has 0 saturated heterocycles. The maximum Gasteiger partial charge on any atom is 0.207 e. The van der Waals surface area contributed by atoms with Gasteiger partial charge in [0.25, 0.3) is 0 Å². The van der Waals surface area contributed by atoms with Crippen LogP contribution in [0.3, 0.4) is 0 Å². The van der Waals surface area contributed by atoms with E-state index in [0.717, 1.165) is 0 Å². The molecule has 0 bridgehead atoms. The summed E-state index contributed by atoms with van der Waals surface area (Å²) in [5.74, 6) is -0.913. The van der Waals surface area contributed by atoms with Crippen LogP contribution in [0.5, 0.6) is 0 Å². The van der Waals surface area contributed by atoms with Crippen LogP contribution in [0, 0.1) is 5.92 Å². The molecule has 1 aliphatic carbocycles. The Labute approximate surface area is 164 Å². The number of nitrogens with one attached hydrogen (secondary N) is 1. The largest absolute Gasteiger partial charge is 0.505 e. The molecule has 2 aromatic rings. The molecule has 0 amide bonds. The topological polar surface area (TPSA) is 78.8 Å². The van der Waals surface area contributed by atoms with Gasteiger partial charge in [0.05, 0.1) is 17.0 Å². The predicted molar refractivity (Wildman–Crippen MR) is 111 cm³/mol. The van der Waals surface area contributed by atoms with Gasteiger partial charge in [0.2, 0.25) is 5.78 Å². The number of carbonyl (C=O) groups is 2. The van der Waals surface area contributed by atoms with Crippen molar-refractivity contribution in [2.45, 2.75) is 20.3 Å². The van der Waals surface area contributed by atoms with E-state index in [9.17, 15) is 14.7 Å². The van der Waals surface area contributed by atoms with Crippen LogP contribution in [0.1, 0.15) is 20.3 Å². The smallest absolute Gasteiger partial charge is 0.207 e. The average Bonchev–Trinajstić information content (AvgIpc) is 2.67. The maximum absolute atomic E-state index is 12.9. The third-order valence-corrected chi connectivity index (χ3v) is 4.16. The van der Waals surface area contributed by atoms with Crippen molar-refractivity contribution in [2.75, 3.05) is 5.32 Å². The monoisotopic (exact) mass is 374 g/mol. The molecule has 28 heavy (non-hydrogen) atoms. The normalized spacial score (nSPS) is 15.8. The van der Waals surface area contributed by atoms with E-state index in [2.05, 4.69) is 10.3 Å². The van der Waals surface area contributed by atoms with Gasteiger partial charge in [0.15, 0.2) is 11.5 Å². The molecule has 5 heteroatoms. The minimum absolute atomic E-state index is 0.0343. The molecule has 0 aromatic heterocycles. The molecule has 0 heterocycles. The van der Waals surface area contributed by atoms with E-state index in [1.807, 2.05) is 50.2 Å². The minimum atomic E-state index is -0.424. The molecule has 3 rings (SSSR count). The number of aliphatic imine (C=N–C) groups is 1. The summed E-state index contributed by atoms with van der Waals surface area (Å²) < 4.78 is 0. The Hall–Kier alpha value is -3.47. The Morgan fingerprint density at radius 3 is 2.25 bits per heavy atom. The van der Waals surface area contributed by atoms with E-state index < -0.39 is 5.78 Å². The highest BCUT2D eigenvalue weighted by molar-refractivity contribution is 6.56. The summed E-state index contributed by atoms with van der Waals surface area (Å²) in [5.41, 5.74) is 1.36. The minimum Gasteiger partial charge on any atom is -0.505 e. The first-order valence-corrected chi connectivity index (χ1v) is 9.14. The maximum atomic E-state index is 12.9. The van der Waals surface area contributed by atoms with E-state index in [4.69, 9.17) is 0 Å². The molecule has 0 unspecified atom stereocenters. The summed E-state index contributed by atoms with van der Waals surface area (Å²) in [4.78, 5) is 30.0. The molecule has 0 atom stereocenters. The number of aliphatic hydroxyl groups is 1. The average molecular weight is 374 g/mol. The second-order valence-corrected chi connectivity index (χ2v) is 6.95. The molecular weight excluding hydrogens is 352 g/mol. The number of hydrogen-bond donors (Lipinski definition) is 2. The molecular formula is C23H22N2O3. The van der Waals surface area contributed by atoms with E-state index in [1.165, 1.54) is 6.08 Å². The Morgan fingerprint density at radius 1 is 1.04 bits per heavy atom. The summed E-state index contributed by atoms with van der Waals surface area (Å²) in [6.45, 7) is 3.82. The van der Waals surface area contributed by atoms with E-state index in [-0.39, 0.29) is 40.9 Å². The summed E-state index contributed by atoms with van der Waals surface area (Å²) in [5, 5.41) is 13.8. The van der Waals surface area contributed by atoms with Gasteiger partial charge in [-0.25, -0.2) is 4.99 Å². The fourth-order valence-electron chi connectivity index (χ4n) is 2.89. The number of rotatable bonds is 6. The number of benzene rings is 2. The zero-order valence-electron chi connectivity index (χ0n) is 15.8. The molecule has 2 aromatic carbocycles. The van der Waals surface area contributed by atoms with E-state index in [0.29, 0.717) is 11.4 Å². The van der Waals surface area contributed by atoms with Crippen molar-refractivity contribution >= 4 is 28.7 Å². The van der Waals surface area contributed by atoms with Gasteiger partial charge < -0.3 is 10.4 Å². The highest BCUT2D eigenvalue weighted by atomic mass is 16.3. The Balaban J connectivity index is 2.06. The number of Topliss-reactive ketones (excluding diaryl/α,β-unsaturated/α-hetero) is 1. The number of nitrogens with zero attached hydrogens (tertiary/aromatic N) is 1. The van der Waals surface area contributed by atoms with Crippen molar-refractivity contribution in [1.29, 1.82) is 0 Å². The van der Waals surface area contributed by atoms with Crippen molar-refractivity contribution < 1.29 is 14.7 Å². The first-order valence-electron chi connectivity index (χ1n) is 9.14. The van der Waals surface area contributed by atoms with Crippen molar-refractivity contribution in [3.63, 3.8) is 0 Å². The van der Waals surface area contributed by atoms with Crippen LogP contribution in [-0.4, -0.2) is 22.4 Å². The molecule has 0 fully saturated rings. The van der Waals surface area contributed by atoms with Gasteiger partial charge in [-0.1, -0.05) is 50.2 Å². The first-order chi connectivity index (χ1) is 13.5.